The third-order valence-electron chi connectivity index (χ3n) is 3.24. The Balaban J connectivity index is 0. The van der Waals surface area contributed by atoms with Crippen LogP contribution in [0.15, 0.2) is 0 Å². The van der Waals surface area contributed by atoms with E-state index in [4.69, 9.17) is 0 Å². The van der Waals surface area contributed by atoms with Gasteiger partial charge in [-0.1, -0.05) is 59.8 Å². The van der Waals surface area contributed by atoms with Crippen LogP contribution >= 0.6 is 12.6 Å². The summed E-state index contributed by atoms with van der Waals surface area (Å²) in [5.41, 5.74) is 0. The van der Waals surface area contributed by atoms with Gasteiger partial charge in [0.15, 0.2) is 0 Å². The Bertz CT molecular complexity index is 186. The molecule has 1 aliphatic carbocycles. The molecule has 0 bridgehead atoms. The number of hydrogen-bond acceptors (Lipinski definition) is 2. The van der Waals surface area contributed by atoms with Gasteiger partial charge in [0.1, 0.15) is 0 Å². The second-order valence-electron chi connectivity index (χ2n) is 4.46. The fourth-order valence-corrected chi connectivity index (χ4v) is 2.70. The summed E-state index contributed by atoms with van der Waals surface area (Å²) in [7, 11) is 0. The smallest absolute Gasteiger partial charge is 0.219 e. The normalized spacial score (nSPS) is 20.3. The average molecular weight is 290 g/mol. The maximum Gasteiger partial charge on any atom is 0.219 e. The number of hydrogen-bond donors (Lipinski definition) is 1. The molecule has 1 heterocycles. The molecule has 1 amide bonds. The predicted octanol–water partition coefficient (Wildman–Crippen LogP) is 4.93. The molecule has 1 saturated carbocycles. The highest BCUT2D eigenvalue weighted by atomic mass is 32.1. The van der Waals surface area contributed by atoms with E-state index in [2.05, 4.69) is 12.6 Å². The van der Waals surface area contributed by atoms with Crippen molar-refractivity contribution in [2.24, 2.45) is 0 Å². The van der Waals surface area contributed by atoms with Gasteiger partial charge in [-0.05, 0) is 12.8 Å². The number of carbonyl (C=O) groups is 1. The van der Waals surface area contributed by atoms with Gasteiger partial charge in [0.2, 0.25) is 5.91 Å². The lowest BCUT2D eigenvalue weighted by molar-refractivity contribution is -0.129. The first-order chi connectivity index (χ1) is 9.25. The lowest BCUT2D eigenvalue weighted by Gasteiger charge is -2.20. The van der Waals surface area contributed by atoms with Crippen LogP contribution in [0.1, 0.15) is 79.6 Å². The van der Waals surface area contributed by atoms with Gasteiger partial charge in [-0.25, -0.2) is 0 Å². The second kappa shape index (κ2) is 15.9. The Hall–Kier alpha value is -0.180. The van der Waals surface area contributed by atoms with E-state index in [1.165, 1.54) is 32.1 Å². The molecule has 0 radical (unpaired) electrons. The number of carbonyl (C=O) groups excluding carboxylic acids is 1. The van der Waals surface area contributed by atoms with Crippen LogP contribution in [0.5, 0.6) is 0 Å². The summed E-state index contributed by atoms with van der Waals surface area (Å²) in [6, 6.07) is 0.404. The van der Waals surface area contributed by atoms with Crippen LogP contribution in [0.3, 0.4) is 0 Å². The standard InChI is InChI=1S/C7H13NOS.C5H10.2C2H6/c1-6(9)8-4-2-3-7(8)5-10;1-2-4-5-3-1;2*1-2/h7,10H,2-5H2,1H3;1-5H2;2*1-2H3. The maximum atomic E-state index is 10.9. The molecule has 0 aromatic carbocycles. The highest BCUT2D eigenvalue weighted by Gasteiger charge is 2.24. The molecule has 1 atom stereocenters. The first kappa shape index (κ1) is 21.1. The number of likely N-dealkylation sites (tertiary alicyclic amines) is 1. The van der Waals surface area contributed by atoms with Crippen molar-refractivity contribution >= 4 is 18.5 Å². The highest BCUT2D eigenvalue weighted by Crippen LogP contribution is 2.17. The fourth-order valence-electron chi connectivity index (χ4n) is 2.32. The molecule has 1 unspecified atom stereocenters. The van der Waals surface area contributed by atoms with E-state index in [0.717, 1.165) is 25.1 Å². The summed E-state index contributed by atoms with van der Waals surface area (Å²) in [5, 5.41) is 0. The first-order valence-corrected chi connectivity index (χ1v) is 8.77. The van der Waals surface area contributed by atoms with Gasteiger partial charge >= 0.3 is 0 Å². The van der Waals surface area contributed by atoms with E-state index >= 15 is 0 Å². The van der Waals surface area contributed by atoms with Crippen LogP contribution in [0.2, 0.25) is 0 Å². The highest BCUT2D eigenvalue weighted by molar-refractivity contribution is 7.80. The Morgan fingerprint density at radius 1 is 1.00 bits per heavy atom. The summed E-state index contributed by atoms with van der Waals surface area (Å²) in [4.78, 5) is 12.8. The average Bonchev–Trinajstić information content (AvgIpc) is 3.17. The molecule has 2 aliphatic rings. The minimum atomic E-state index is 0.191. The Morgan fingerprint density at radius 2 is 1.42 bits per heavy atom. The minimum absolute atomic E-state index is 0.191. The van der Waals surface area contributed by atoms with Gasteiger partial charge in [-0.15, -0.1) is 0 Å². The van der Waals surface area contributed by atoms with E-state index < -0.39 is 0 Å². The molecule has 19 heavy (non-hydrogen) atoms. The molecular formula is C16H35NOS. The summed E-state index contributed by atoms with van der Waals surface area (Å²) >= 11 is 4.18. The first-order valence-electron chi connectivity index (χ1n) is 8.13. The van der Waals surface area contributed by atoms with Crippen molar-refractivity contribution in [2.45, 2.75) is 85.6 Å². The summed E-state index contributed by atoms with van der Waals surface area (Å²) in [5.74, 6) is 0.996. The van der Waals surface area contributed by atoms with Gasteiger partial charge < -0.3 is 4.90 Å². The molecule has 2 nitrogen and oxygen atoms in total. The van der Waals surface area contributed by atoms with Crippen molar-refractivity contribution in [3.05, 3.63) is 0 Å². The van der Waals surface area contributed by atoms with Crippen LogP contribution in [0, 0.1) is 0 Å². The minimum Gasteiger partial charge on any atom is -0.339 e. The Morgan fingerprint density at radius 3 is 1.68 bits per heavy atom. The van der Waals surface area contributed by atoms with Crippen molar-refractivity contribution in [3.8, 4) is 0 Å². The van der Waals surface area contributed by atoms with Gasteiger partial charge in [0, 0.05) is 25.3 Å². The van der Waals surface area contributed by atoms with Gasteiger partial charge in [0.25, 0.3) is 0 Å². The molecule has 0 aromatic heterocycles. The lowest BCUT2D eigenvalue weighted by Crippen LogP contribution is -2.34. The Labute approximate surface area is 126 Å². The molecule has 2 fully saturated rings. The predicted molar refractivity (Wildman–Crippen MR) is 90.0 cm³/mol. The number of thiol groups is 1. The van der Waals surface area contributed by atoms with Crippen LogP contribution < -0.4 is 0 Å². The SMILES string of the molecule is C1CCCC1.CC.CC.CC(=O)N1CCCC1CS. The van der Waals surface area contributed by atoms with E-state index in [0.29, 0.717) is 6.04 Å². The molecule has 3 heteroatoms. The molecule has 1 saturated heterocycles. The van der Waals surface area contributed by atoms with E-state index in [-0.39, 0.29) is 5.91 Å². The number of nitrogens with zero attached hydrogens (tertiary/aromatic N) is 1. The molecule has 0 aromatic rings. The fraction of sp³-hybridized carbons (Fsp3) is 0.938. The summed E-state index contributed by atoms with van der Waals surface area (Å²) in [6.07, 6.45) is 9.77. The van der Waals surface area contributed by atoms with Crippen LogP contribution in [0.25, 0.3) is 0 Å². The quantitative estimate of drug-likeness (QED) is 0.679. The van der Waals surface area contributed by atoms with E-state index in [1.807, 2.05) is 32.6 Å². The van der Waals surface area contributed by atoms with Crippen molar-refractivity contribution in [2.75, 3.05) is 12.3 Å². The summed E-state index contributed by atoms with van der Waals surface area (Å²) in [6.45, 7) is 10.6. The van der Waals surface area contributed by atoms with Crippen molar-refractivity contribution in [1.82, 2.24) is 4.90 Å². The van der Waals surface area contributed by atoms with Crippen molar-refractivity contribution < 1.29 is 4.79 Å². The molecule has 0 N–H and O–H groups in total. The zero-order valence-electron chi connectivity index (χ0n) is 13.7. The molecular weight excluding hydrogens is 254 g/mol. The number of rotatable bonds is 1. The van der Waals surface area contributed by atoms with Crippen molar-refractivity contribution in [3.63, 3.8) is 0 Å². The topological polar surface area (TPSA) is 20.3 Å². The van der Waals surface area contributed by atoms with Gasteiger partial charge in [-0.3, -0.25) is 4.79 Å². The molecule has 2 rings (SSSR count). The molecule has 0 spiro atoms. The Kier molecular flexibility index (Phi) is 17.7. The molecule has 1 aliphatic heterocycles. The third-order valence-corrected chi connectivity index (χ3v) is 3.66. The largest absolute Gasteiger partial charge is 0.339 e. The van der Waals surface area contributed by atoms with Gasteiger partial charge in [0.05, 0.1) is 0 Å². The second-order valence-corrected chi connectivity index (χ2v) is 4.82. The van der Waals surface area contributed by atoms with Crippen LogP contribution in [0.4, 0.5) is 0 Å². The van der Waals surface area contributed by atoms with Crippen LogP contribution in [-0.4, -0.2) is 29.1 Å². The summed E-state index contributed by atoms with van der Waals surface area (Å²) < 4.78 is 0. The third kappa shape index (κ3) is 10.3. The van der Waals surface area contributed by atoms with Crippen LogP contribution in [-0.2, 0) is 4.79 Å². The molecule has 116 valence electrons. The monoisotopic (exact) mass is 289 g/mol. The maximum absolute atomic E-state index is 10.9. The van der Waals surface area contributed by atoms with E-state index in [9.17, 15) is 4.79 Å². The van der Waals surface area contributed by atoms with Gasteiger partial charge in [-0.2, -0.15) is 12.6 Å². The zero-order chi connectivity index (χ0) is 15.1. The lowest BCUT2D eigenvalue weighted by atomic mass is 10.2. The van der Waals surface area contributed by atoms with Crippen molar-refractivity contribution in [1.29, 1.82) is 0 Å². The number of amides is 1. The van der Waals surface area contributed by atoms with E-state index in [1.54, 1.807) is 6.92 Å². The zero-order valence-corrected chi connectivity index (χ0v) is 14.6.